The summed E-state index contributed by atoms with van der Waals surface area (Å²) in [6.45, 7) is 1.23. The summed E-state index contributed by atoms with van der Waals surface area (Å²) in [4.78, 5) is 8.16. The van der Waals surface area contributed by atoms with Gasteiger partial charge in [-0.1, -0.05) is 5.16 Å². The summed E-state index contributed by atoms with van der Waals surface area (Å²) in [7, 11) is 1.86. The van der Waals surface area contributed by atoms with Crippen LogP contribution in [0, 0.1) is 0 Å². The van der Waals surface area contributed by atoms with Crippen molar-refractivity contribution in [3.8, 4) is 11.5 Å². The van der Waals surface area contributed by atoms with Crippen LogP contribution in [0.5, 0.6) is 0 Å². The van der Waals surface area contributed by atoms with Crippen molar-refractivity contribution in [2.24, 2.45) is 12.8 Å². The third-order valence-corrected chi connectivity index (χ3v) is 2.00. The lowest BCUT2D eigenvalue weighted by Crippen LogP contribution is -2.08. The fourth-order valence-electron chi connectivity index (χ4n) is 1.23. The molecule has 0 aromatic carbocycles. The van der Waals surface area contributed by atoms with E-state index in [1.807, 2.05) is 11.6 Å². The van der Waals surface area contributed by atoms with Crippen LogP contribution < -0.4 is 5.73 Å². The lowest BCUT2D eigenvalue weighted by atomic mass is 10.4. The summed E-state index contributed by atoms with van der Waals surface area (Å²) in [6.07, 6.45) is 3.35. The van der Waals surface area contributed by atoms with Crippen molar-refractivity contribution in [1.29, 1.82) is 0 Å². The van der Waals surface area contributed by atoms with E-state index >= 15 is 0 Å². The highest BCUT2D eigenvalue weighted by molar-refractivity contribution is 5.46. The summed E-state index contributed by atoms with van der Waals surface area (Å²) in [6, 6.07) is 0. The van der Waals surface area contributed by atoms with E-state index in [-0.39, 0.29) is 6.61 Å². The lowest BCUT2D eigenvalue weighted by Gasteiger charge is -1.95. The molecule has 16 heavy (non-hydrogen) atoms. The van der Waals surface area contributed by atoms with E-state index < -0.39 is 0 Å². The van der Waals surface area contributed by atoms with Gasteiger partial charge in [-0.25, -0.2) is 4.98 Å². The van der Waals surface area contributed by atoms with Crippen molar-refractivity contribution in [1.82, 2.24) is 19.7 Å². The van der Waals surface area contributed by atoms with Crippen LogP contribution in [-0.2, 0) is 18.4 Å². The third-order valence-electron chi connectivity index (χ3n) is 2.00. The molecule has 7 heteroatoms. The number of ether oxygens (including phenoxy) is 1. The molecule has 0 aliphatic rings. The Morgan fingerprint density at radius 1 is 1.56 bits per heavy atom. The van der Waals surface area contributed by atoms with Gasteiger partial charge >= 0.3 is 0 Å². The van der Waals surface area contributed by atoms with Gasteiger partial charge in [-0.15, -0.1) is 0 Å². The van der Waals surface area contributed by atoms with Gasteiger partial charge < -0.3 is 19.6 Å². The summed E-state index contributed by atoms with van der Waals surface area (Å²) < 4.78 is 12.0. The quantitative estimate of drug-likeness (QED) is 0.714. The molecule has 2 aromatic rings. The fraction of sp³-hybridized carbons (Fsp3) is 0.444. The van der Waals surface area contributed by atoms with Crippen molar-refractivity contribution < 1.29 is 9.26 Å². The fourth-order valence-corrected chi connectivity index (χ4v) is 1.23. The summed E-state index contributed by atoms with van der Waals surface area (Å²) in [5.41, 5.74) is 6.09. The van der Waals surface area contributed by atoms with Crippen molar-refractivity contribution in [2.75, 3.05) is 13.2 Å². The van der Waals surface area contributed by atoms with Crippen LogP contribution in [0.4, 0.5) is 0 Å². The van der Waals surface area contributed by atoms with E-state index in [1.54, 1.807) is 12.5 Å². The summed E-state index contributed by atoms with van der Waals surface area (Å²) >= 11 is 0. The maximum atomic E-state index is 5.29. The monoisotopic (exact) mass is 223 g/mol. The molecule has 0 saturated carbocycles. The minimum Gasteiger partial charge on any atom is -0.370 e. The van der Waals surface area contributed by atoms with Crippen LogP contribution in [0.3, 0.4) is 0 Å². The normalized spacial score (nSPS) is 10.9. The predicted octanol–water partition coefficient (Wildman–Crippen LogP) is -0.0546. The second-order valence-electron chi connectivity index (χ2n) is 3.24. The minimum absolute atomic E-state index is 0.280. The molecule has 0 unspecified atom stereocenters. The standard InChI is InChI=1S/C9H13N5O2/c1-14-6-11-4-7(14)9-12-8(16-13-9)5-15-3-2-10/h4,6H,2-3,5,10H2,1H3. The molecule has 0 aliphatic heterocycles. The summed E-state index contributed by atoms with van der Waals surface area (Å²) in [5.74, 6) is 0.941. The molecule has 0 spiro atoms. The van der Waals surface area contributed by atoms with Crippen LogP contribution in [0.2, 0.25) is 0 Å². The molecule has 2 heterocycles. The molecular formula is C9H13N5O2. The van der Waals surface area contributed by atoms with E-state index in [1.165, 1.54) is 0 Å². The molecule has 7 nitrogen and oxygen atoms in total. The van der Waals surface area contributed by atoms with Gasteiger partial charge in [0.15, 0.2) is 0 Å². The smallest absolute Gasteiger partial charge is 0.253 e. The third kappa shape index (κ3) is 2.26. The second kappa shape index (κ2) is 4.86. The first-order chi connectivity index (χ1) is 7.81. The van der Waals surface area contributed by atoms with Gasteiger partial charge in [-0.05, 0) is 0 Å². The van der Waals surface area contributed by atoms with Gasteiger partial charge in [-0.3, -0.25) is 0 Å². The molecule has 0 amide bonds. The summed E-state index contributed by atoms with van der Waals surface area (Å²) in [5, 5.41) is 3.84. The van der Waals surface area contributed by atoms with Crippen molar-refractivity contribution in [3.05, 3.63) is 18.4 Å². The Labute approximate surface area is 92.2 Å². The molecule has 0 atom stereocenters. The number of hydrogen-bond acceptors (Lipinski definition) is 6. The maximum absolute atomic E-state index is 5.29. The topological polar surface area (TPSA) is 92.0 Å². The Balaban J connectivity index is 2.05. The molecule has 2 aromatic heterocycles. The Bertz CT molecular complexity index is 450. The maximum Gasteiger partial charge on any atom is 0.253 e. The lowest BCUT2D eigenvalue weighted by molar-refractivity contribution is 0.104. The number of nitrogens with two attached hydrogens (primary N) is 1. The Morgan fingerprint density at radius 3 is 3.12 bits per heavy atom. The van der Waals surface area contributed by atoms with Gasteiger partial charge in [0.1, 0.15) is 12.3 Å². The zero-order chi connectivity index (χ0) is 11.4. The molecular weight excluding hydrogens is 210 g/mol. The van der Waals surface area contributed by atoms with Gasteiger partial charge in [0.2, 0.25) is 5.82 Å². The van der Waals surface area contributed by atoms with E-state index in [9.17, 15) is 0 Å². The number of aromatic nitrogens is 4. The molecule has 0 fully saturated rings. The first kappa shape index (κ1) is 10.8. The number of hydrogen-bond donors (Lipinski definition) is 1. The Kier molecular flexibility index (Phi) is 3.28. The van der Waals surface area contributed by atoms with Crippen LogP contribution in [0.25, 0.3) is 11.5 Å². The average molecular weight is 223 g/mol. The van der Waals surface area contributed by atoms with Crippen LogP contribution >= 0.6 is 0 Å². The molecule has 0 saturated heterocycles. The first-order valence-corrected chi connectivity index (χ1v) is 4.88. The van der Waals surface area contributed by atoms with E-state index in [0.29, 0.717) is 24.9 Å². The number of aryl methyl sites for hydroxylation is 1. The highest BCUT2D eigenvalue weighted by atomic mass is 16.5. The van der Waals surface area contributed by atoms with E-state index in [4.69, 9.17) is 15.0 Å². The highest BCUT2D eigenvalue weighted by Crippen LogP contribution is 2.13. The highest BCUT2D eigenvalue weighted by Gasteiger charge is 2.11. The zero-order valence-electron chi connectivity index (χ0n) is 8.96. The molecule has 0 radical (unpaired) electrons. The van der Waals surface area contributed by atoms with Crippen molar-refractivity contribution in [3.63, 3.8) is 0 Å². The largest absolute Gasteiger partial charge is 0.370 e. The second-order valence-corrected chi connectivity index (χ2v) is 3.24. The molecule has 0 bridgehead atoms. The zero-order valence-corrected chi connectivity index (χ0v) is 8.96. The molecule has 2 rings (SSSR count). The average Bonchev–Trinajstić information content (AvgIpc) is 2.87. The van der Waals surface area contributed by atoms with Crippen LogP contribution in [-0.4, -0.2) is 32.8 Å². The van der Waals surface area contributed by atoms with Crippen LogP contribution in [0.15, 0.2) is 17.0 Å². The minimum atomic E-state index is 0.280. The van der Waals surface area contributed by atoms with Gasteiger partial charge in [0.25, 0.3) is 5.89 Å². The molecule has 86 valence electrons. The first-order valence-electron chi connectivity index (χ1n) is 4.88. The number of imidazole rings is 1. The SMILES string of the molecule is Cn1cncc1-c1noc(COCCN)n1. The molecule has 2 N–H and O–H groups in total. The van der Waals surface area contributed by atoms with Gasteiger partial charge in [0, 0.05) is 13.6 Å². The van der Waals surface area contributed by atoms with Crippen molar-refractivity contribution in [2.45, 2.75) is 6.61 Å². The Morgan fingerprint density at radius 2 is 2.44 bits per heavy atom. The van der Waals surface area contributed by atoms with E-state index in [0.717, 1.165) is 5.69 Å². The molecule has 0 aliphatic carbocycles. The predicted molar refractivity (Wildman–Crippen MR) is 55.2 cm³/mol. The van der Waals surface area contributed by atoms with Gasteiger partial charge in [-0.2, -0.15) is 4.98 Å². The van der Waals surface area contributed by atoms with E-state index in [2.05, 4.69) is 15.1 Å². The Hall–Kier alpha value is -1.73. The number of nitrogens with zero attached hydrogens (tertiary/aromatic N) is 4. The van der Waals surface area contributed by atoms with Crippen molar-refractivity contribution >= 4 is 0 Å². The number of rotatable bonds is 5. The van der Waals surface area contributed by atoms with Gasteiger partial charge in [0.05, 0.1) is 19.1 Å². The van der Waals surface area contributed by atoms with Crippen LogP contribution in [0.1, 0.15) is 5.89 Å².